The van der Waals surface area contributed by atoms with Crippen LogP contribution in [0.25, 0.3) is 5.57 Å². The van der Waals surface area contributed by atoms with Gasteiger partial charge in [0, 0.05) is 28.1 Å². The molecule has 1 N–H and O–H groups in total. The van der Waals surface area contributed by atoms with E-state index in [1.165, 1.54) is 0 Å². The monoisotopic (exact) mass is 584 g/mol. The van der Waals surface area contributed by atoms with E-state index in [0.29, 0.717) is 33.9 Å². The van der Waals surface area contributed by atoms with Gasteiger partial charge in [0.2, 0.25) is 5.91 Å². The molecule has 0 bridgehead atoms. The summed E-state index contributed by atoms with van der Waals surface area (Å²) in [5.74, 6) is -0.742. The number of Topliss-reactive ketones (excluding diaryl/α,β-unsaturated/α-hetero) is 2. The van der Waals surface area contributed by atoms with E-state index in [4.69, 9.17) is 9.47 Å². The Morgan fingerprint density at radius 2 is 1.55 bits per heavy atom. The molecule has 44 heavy (non-hydrogen) atoms. The highest BCUT2D eigenvalue weighted by Crippen LogP contribution is 2.59. The molecule has 3 aliphatic heterocycles. The van der Waals surface area contributed by atoms with Crippen molar-refractivity contribution in [3.8, 4) is 11.5 Å². The van der Waals surface area contributed by atoms with Crippen LogP contribution in [0, 0.1) is 12.8 Å². The number of ketones is 2. The number of hydrogen-bond donors (Lipinski definition) is 1. The molecule has 4 aromatic rings. The molecule has 0 aliphatic carbocycles. The highest BCUT2D eigenvalue weighted by atomic mass is 16.5. The van der Waals surface area contributed by atoms with Crippen LogP contribution in [0.4, 0.5) is 11.4 Å². The van der Waals surface area contributed by atoms with E-state index in [2.05, 4.69) is 17.5 Å². The number of rotatable bonds is 6. The number of amides is 1. The predicted octanol–water partition coefficient (Wildman–Crippen LogP) is 6.26. The molecule has 0 unspecified atom stereocenters. The third kappa shape index (κ3) is 3.85. The van der Waals surface area contributed by atoms with Crippen LogP contribution < -0.4 is 19.7 Å². The van der Waals surface area contributed by atoms with E-state index in [1.807, 2.05) is 55.1 Å². The van der Waals surface area contributed by atoms with Crippen molar-refractivity contribution >= 4 is 34.4 Å². The van der Waals surface area contributed by atoms with Gasteiger partial charge in [-0.15, -0.1) is 0 Å². The molecule has 1 amide bonds. The quantitative estimate of drug-likeness (QED) is 0.270. The van der Waals surface area contributed by atoms with Gasteiger partial charge in [-0.25, -0.2) is 0 Å². The second-order valence-electron chi connectivity index (χ2n) is 11.7. The zero-order valence-electron chi connectivity index (χ0n) is 25.0. The van der Waals surface area contributed by atoms with Gasteiger partial charge in [0.05, 0.1) is 26.2 Å². The summed E-state index contributed by atoms with van der Waals surface area (Å²) in [4.78, 5) is 46.5. The Morgan fingerprint density at radius 3 is 2.30 bits per heavy atom. The van der Waals surface area contributed by atoms with Gasteiger partial charge in [-0.05, 0) is 79.6 Å². The lowest BCUT2D eigenvalue weighted by Crippen LogP contribution is -2.51. The molecule has 0 radical (unpaired) electrons. The lowest BCUT2D eigenvalue weighted by molar-refractivity contribution is -0.121. The minimum absolute atomic E-state index is 0.255. The van der Waals surface area contributed by atoms with Gasteiger partial charge < -0.3 is 19.7 Å². The van der Waals surface area contributed by atoms with Gasteiger partial charge in [0.1, 0.15) is 23.0 Å². The highest BCUT2D eigenvalue weighted by Gasteiger charge is 2.70. The SMILES string of the molecule is COc1ccc(C(=O)[C@@H]2[C@H](C(=O)c3cccc(OC)c3)N3c4ccc(C)cc4C(C)=C[C@H]3[C@@]23C(=O)Nc2ccccc23)cc1. The fraction of sp³-hybridized carbons (Fsp3) is 0.216. The topological polar surface area (TPSA) is 84.9 Å². The number of carbonyl (C=O) groups excluding carboxylic acids is 3. The van der Waals surface area contributed by atoms with Crippen LogP contribution in [-0.2, 0) is 10.2 Å². The molecule has 1 spiro atoms. The van der Waals surface area contributed by atoms with Gasteiger partial charge in [-0.3, -0.25) is 14.4 Å². The van der Waals surface area contributed by atoms with Crippen molar-refractivity contribution in [3.63, 3.8) is 0 Å². The van der Waals surface area contributed by atoms with Crippen molar-refractivity contribution in [2.24, 2.45) is 5.92 Å². The number of hydrogen-bond acceptors (Lipinski definition) is 6. The van der Waals surface area contributed by atoms with Gasteiger partial charge in [0.25, 0.3) is 0 Å². The number of methoxy groups -OCH3 is 2. The van der Waals surface area contributed by atoms with E-state index >= 15 is 0 Å². The summed E-state index contributed by atoms with van der Waals surface area (Å²) in [6.07, 6.45) is 2.07. The molecular weight excluding hydrogens is 552 g/mol. The first-order valence-corrected chi connectivity index (χ1v) is 14.6. The van der Waals surface area contributed by atoms with E-state index in [-0.39, 0.29) is 17.5 Å². The third-order valence-corrected chi connectivity index (χ3v) is 9.41. The summed E-state index contributed by atoms with van der Waals surface area (Å²) < 4.78 is 10.8. The number of allylic oxidation sites excluding steroid dienone is 1. The van der Waals surface area contributed by atoms with Crippen molar-refractivity contribution < 1.29 is 23.9 Å². The first-order chi connectivity index (χ1) is 21.3. The molecule has 4 atom stereocenters. The molecule has 0 aromatic heterocycles. The summed E-state index contributed by atoms with van der Waals surface area (Å²) in [7, 11) is 3.12. The van der Waals surface area contributed by atoms with Crippen molar-refractivity contribution in [2.45, 2.75) is 31.3 Å². The van der Waals surface area contributed by atoms with E-state index in [1.54, 1.807) is 62.8 Å². The first kappa shape index (κ1) is 27.7. The summed E-state index contributed by atoms with van der Waals surface area (Å²) in [5.41, 5.74) is 4.67. The smallest absolute Gasteiger partial charge is 0.238 e. The molecular formula is C37H32N2O5. The molecule has 7 rings (SSSR count). The molecule has 1 fully saturated rings. The Morgan fingerprint density at radius 1 is 0.795 bits per heavy atom. The van der Waals surface area contributed by atoms with Crippen molar-refractivity contribution in [3.05, 3.63) is 125 Å². The average molecular weight is 585 g/mol. The van der Waals surface area contributed by atoms with Crippen molar-refractivity contribution in [1.29, 1.82) is 0 Å². The number of carbonyl (C=O) groups is 3. The van der Waals surface area contributed by atoms with Gasteiger partial charge in [0.15, 0.2) is 11.6 Å². The molecule has 3 aliphatic rings. The Labute approximate surface area is 256 Å². The van der Waals surface area contributed by atoms with Gasteiger partial charge >= 0.3 is 0 Å². The lowest BCUT2D eigenvalue weighted by atomic mass is 9.64. The normalized spacial score (nSPS) is 22.9. The van der Waals surface area contributed by atoms with Crippen molar-refractivity contribution in [1.82, 2.24) is 0 Å². The fourth-order valence-electron chi connectivity index (χ4n) is 7.43. The highest BCUT2D eigenvalue weighted by molar-refractivity contribution is 6.18. The summed E-state index contributed by atoms with van der Waals surface area (Å²) in [6.45, 7) is 4.06. The zero-order valence-corrected chi connectivity index (χ0v) is 25.0. The fourth-order valence-corrected chi connectivity index (χ4v) is 7.43. The van der Waals surface area contributed by atoms with Crippen LogP contribution >= 0.6 is 0 Å². The number of benzene rings is 4. The number of para-hydroxylation sites is 1. The number of fused-ring (bicyclic) bond motifs is 6. The average Bonchev–Trinajstić information content (AvgIpc) is 3.52. The van der Waals surface area contributed by atoms with Crippen LogP contribution in [-0.4, -0.2) is 43.8 Å². The van der Waals surface area contributed by atoms with Crippen LogP contribution in [0.15, 0.2) is 97.1 Å². The third-order valence-electron chi connectivity index (χ3n) is 9.41. The second kappa shape index (κ2) is 10.2. The lowest BCUT2D eigenvalue weighted by Gasteiger charge is -2.39. The first-order valence-electron chi connectivity index (χ1n) is 14.6. The maximum Gasteiger partial charge on any atom is 0.238 e. The molecule has 1 saturated heterocycles. The maximum absolute atomic E-state index is 15.0. The van der Waals surface area contributed by atoms with E-state index < -0.39 is 23.4 Å². The Kier molecular flexibility index (Phi) is 6.43. The largest absolute Gasteiger partial charge is 0.497 e. The minimum atomic E-state index is -1.38. The number of anilines is 2. The van der Waals surface area contributed by atoms with Crippen LogP contribution in [0.1, 0.15) is 44.3 Å². The van der Waals surface area contributed by atoms with E-state index in [0.717, 1.165) is 22.4 Å². The van der Waals surface area contributed by atoms with Crippen LogP contribution in [0.5, 0.6) is 11.5 Å². The molecule has 7 nitrogen and oxygen atoms in total. The predicted molar refractivity (Wildman–Crippen MR) is 170 cm³/mol. The number of nitrogens with one attached hydrogen (secondary N) is 1. The number of ether oxygens (including phenoxy) is 2. The molecule has 7 heteroatoms. The standard InChI is InChI=1S/C37H32N2O5/c1-21-12-17-30-27(18-21)22(2)19-31-37(28-10-5-6-11-29(28)38-36(37)42)32(34(40)23-13-15-25(43-3)16-14-23)33(39(30)31)35(41)24-8-7-9-26(20-24)44-4/h5-20,31-33H,1-4H3,(H,38,42)/t31-,32-,33+,37+/m0/s1. The van der Waals surface area contributed by atoms with Crippen molar-refractivity contribution in [2.75, 3.05) is 24.4 Å². The van der Waals surface area contributed by atoms with Crippen LogP contribution in [0.2, 0.25) is 0 Å². The Balaban J connectivity index is 1.54. The number of aryl methyl sites for hydroxylation is 1. The van der Waals surface area contributed by atoms with Crippen LogP contribution in [0.3, 0.4) is 0 Å². The zero-order chi connectivity index (χ0) is 30.7. The van der Waals surface area contributed by atoms with Gasteiger partial charge in [-0.2, -0.15) is 0 Å². The summed E-state index contributed by atoms with van der Waals surface area (Å²) in [5, 5.41) is 3.08. The van der Waals surface area contributed by atoms with E-state index in [9.17, 15) is 14.4 Å². The Hall–Kier alpha value is -5.17. The number of nitrogens with zero attached hydrogens (tertiary/aromatic N) is 1. The summed E-state index contributed by atoms with van der Waals surface area (Å²) >= 11 is 0. The minimum Gasteiger partial charge on any atom is -0.497 e. The van der Waals surface area contributed by atoms with Gasteiger partial charge in [-0.1, -0.05) is 48.0 Å². The molecule has 220 valence electrons. The maximum atomic E-state index is 15.0. The summed E-state index contributed by atoms with van der Waals surface area (Å²) in [6, 6.07) is 25.9. The molecule has 3 heterocycles. The Bertz CT molecular complexity index is 1880. The molecule has 4 aromatic carbocycles. The molecule has 0 saturated carbocycles. The second-order valence-corrected chi connectivity index (χ2v) is 11.7.